The molecule has 0 radical (unpaired) electrons. The van der Waals surface area contributed by atoms with Gasteiger partial charge in [-0.15, -0.1) is 0 Å². The number of carbonyl (C=O) groups excluding carboxylic acids is 3. The highest BCUT2D eigenvalue weighted by Gasteiger charge is 2.15. The number of nitrogens with one attached hydrogen (secondary N) is 3. The zero-order valence-electron chi connectivity index (χ0n) is 16.1. The Morgan fingerprint density at radius 3 is 2.11 bits per heavy atom. The number of alkyl carbamates (subject to hydrolysis) is 1. The number of benzene rings is 1. The van der Waals surface area contributed by atoms with E-state index in [0.717, 1.165) is 0 Å². The van der Waals surface area contributed by atoms with Gasteiger partial charge in [-0.05, 0) is 38.8 Å². The van der Waals surface area contributed by atoms with E-state index >= 15 is 0 Å². The molecule has 0 atom stereocenters. The maximum absolute atomic E-state index is 13.5. The summed E-state index contributed by atoms with van der Waals surface area (Å²) in [6, 6.07) is 6.34. The van der Waals surface area contributed by atoms with Crippen LogP contribution in [-0.2, 0) is 20.7 Å². The van der Waals surface area contributed by atoms with E-state index in [4.69, 9.17) is 4.74 Å². The van der Waals surface area contributed by atoms with E-state index in [1.165, 1.54) is 6.07 Å². The van der Waals surface area contributed by atoms with E-state index in [9.17, 15) is 18.8 Å². The third kappa shape index (κ3) is 10.8. The van der Waals surface area contributed by atoms with E-state index in [1.807, 2.05) is 0 Å². The van der Waals surface area contributed by atoms with Crippen LogP contribution in [0, 0.1) is 5.82 Å². The standard InChI is InChI=1S/C19H28FN3O4/c1-19(2,3)27-18(26)23-11-10-17(25)22-13-12-21-16(24)9-8-14-6-4-5-7-15(14)20/h4-7H,8-13H2,1-3H3,(H,21,24)(H,22,25)(H,23,26). The summed E-state index contributed by atoms with van der Waals surface area (Å²) in [6.45, 7) is 5.98. The molecule has 7 nitrogen and oxygen atoms in total. The predicted molar refractivity (Wildman–Crippen MR) is 99.6 cm³/mol. The smallest absolute Gasteiger partial charge is 0.407 e. The summed E-state index contributed by atoms with van der Waals surface area (Å²) in [5.74, 6) is -0.775. The summed E-state index contributed by atoms with van der Waals surface area (Å²) >= 11 is 0. The molecule has 0 saturated carbocycles. The summed E-state index contributed by atoms with van der Waals surface area (Å²) < 4.78 is 18.5. The molecule has 0 aliphatic carbocycles. The largest absolute Gasteiger partial charge is 0.444 e. The first-order chi connectivity index (χ1) is 12.7. The molecule has 0 spiro atoms. The van der Waals surface area contributed by atoms with Crippen molar-refractivity contribution in [1.82, 2.24) is 16.0 Å². The molecule has 1 aromatic carbocycles. The molecule has 150 valence electrons. The van der Waals surface area contributed by atoms with E-state index in [1.54, 1.807) is 39.0 Å². The third-order valence-corrected chi connectivity index (χ3v) is 3.37. The number of hydrogen-bond acceptors (Lipinski definition) is 4. The van der Waals surface area contributed by atoms with E-state index in [0.29, 0.717) is 12.0 Å². The summed E-state index contributed by atoms with van der Waals surface area (Å²) in [7, 11) is 0. The zero-order chi connectivity index (χ0) is 20.3. The fourth-order valence-electron chi connectivity index (χ4n) is 2.12. The molecule has 8 heteroatoms. The zero-order valence-corrected chi connectivity index (χ0v) is 16.1. The number of ether oxygens (including phenoxy) is 1. The van der Waals surface area contributed by atoms with E-state index < -0.39 is 11.7 Å². The van der Waals surface area contributed by atoms with Crippen LogP contribution in [-0.4, -0.2) is 43.1 Å². The van der Waals surface area contributed by atoms with Crippen LogP contribution in [0.2, 0.25) is 0 Å². The molecule has 3 amide bonds. The van der Waals surface area contributed by atoms with Crippen LogP contribution in [0.4, 0.5) is 9.18 Å². The number of rotatable bonds is 9. The van der Waals surface area contributed by atoms with Crippen molar-refractivity contribution in [2.24, 2.45) is 0 Å². The van der Waals surface area contributed by atoms with E-state index in [-0.39, 0.29) is 50.1 Å². The molecule has 0 unspecified atom stereocenters. The van der Waals surface area contributed by atoms with Crippen molar-refractivity contribution in [1.29, 1.82) is 0 Å². The second-order valence-corrected chi connectivity index (χ2v) is 6.97. The van der Waals surface area contributed by atoms with Gasteiger partial charge in [-0.2, -0.15) is 0 Å². The molecule has 0 bridgehead atoms. The Morgan fingerprint density at radius 1 is 0.926 bits per heavy atom. The van der Waals surface area contributed by atoms with Gasteiger partial charge in [0.15, 0.2) is 0 Å². The Bertz CT molecular complexity index is 644. The van der Waals surface area contributed by atoms with Gasteiger partial charge in [0.2, 0.25) is 11.8 Å². The Hall–Kier alpha value is -2.64. The second kappa shape index (κ2) is 11.2. The van der Waals surface area contributed by atoms with Crippen molar-refractivity contribution in [3.8, 4) is 0 Å². The minimum atomic E-state index is -0.586. The minimum absolute atomic E-state index is 0.112. The molecule has 27 heavy (non-hydrogen) atoms. The van der Waals surface area contributed by atoms with Crippen LogP contribution in [0.5, 0.6) is 0 Å². The molecule has 0 aromatic heterocycles. The highest BCUT2D eigenvalue weighted by Crippen LogP contribution is 2.08. The van der Waals surface area contributed by atoms with Crippen LogP contribution in [0.25, 0.3) is 0 Å². The maximum Gasteiger partial charge on any atom is 0.407 e. The van der Waals surface area contributed by atoms with Crippen molar-refractivity contribution in [3.05, 3.63) is 35.6 Å². The van der Waals surface area contributed by atoms with Crippen molar-refractivity contribution in [3.63, 3.8) is 0 Å². The first-order valence-corrected chi connectivity index (χ1v) is 8.91. The highest BCUT2D eigenvalue weighted by molar-refractivity contribution is 5.77. The van der Waals surface area contributed by atoms with Gasteiger partial charge >= 0.3 is 6.09 Å². The van der Waals surface area contributed by atoms with Crippen molar-refractivity contribution in [2.45, 2.75) is 45.6 Å². The first kappa shape index (κ1) is 22.4. The maximum atomic E-state index is 13.5. The lowest BCUT2D eigenvalue weighted by atomic mass is 10.1. The fourth-order valence-corrected chi connectivity index (χ4v) is 2.12. The average molecular weight is 381 g/mol. The van der Waals surface area contributed by atoms with Crippen molar-refractivity contribution < 1.29 is 23.5 Å². The van der Waals surface area contributed by atoms with Gasteiger partial charge in [-0.1, -0.05) is 18.2 Å². The molecule has 0 fully saturated rings. The van der Waals surface area contributed by atoms with E-state index in [2.05, 4.69) is 16.0 Å². The van der Waals surface area contributed by atoms with Crippen LogP contribution < -0.4 is 16.0 Å². The molecular weight excluding hydrogens is 353 g/mol. The fraction of sp³-hybridized carbons (Fsp3) is 0.526. The molecular formula is C19H28FN3O4. The number of aryl methyl sites for hydroxylation is 1. The number of hydrogen-bond donors (Lipinski definition) is 3. The lowest BCUT2D eigenvalue weighted by molar-refractivity contribution is -0.122. The normalized spacial score (nSPS) is 10.8. The molecule has 1 rings (SSSR count). The lowest BCUT2D eigenvalue weighted by Gasteiger charge is -2.19. The van der Waals surface area contributed by atoms with Gasteiger partial charge in [0.1, 0.15) is 11.4 Å². The minimum Gasteiger partial charge on any atom is -0.444 e. The van der Waals surface area contributed by atoms with Crippen molar-refractivity contribution in [2.75, 3.05) is 19.6 Å². The van der Waals surface area contributed by atoms with Gasteiger partial charge < -0.3 is 20.7 Å². The molecule has 1 aromatic rings. The third-order valence-electron chi connectivity index (χ3n) is 3.37. The molecule has 0 aliphatic heterocycles. The monoisotopic (exact) mass is 381 g/mol. The Kier molecular flexibility index (Phi) is 9.25. The molecule has 0 heterocycles. The van der Waals surface area contributed by atoms with Crippen molar-refractivity contribution >= 4 is 17.9 Å². The predicted octanol–water partition coefficient (Wildman–Crippen LogP) is 1.91. The topological polar surface area (TPSA) is 96.5 Å². The Labute approximate surface area is 159 Å². The van der Waals surface area contributed by atoms with Gasteiger partial charge in [0.25, 0.3) is 0 Å². The highest BCUT2D eigenvalue weighted by atomic mass is 19.1. The van der Waals surface area contributed by atoms with Crippen LogP contribution in [0.1, 0.15) is 39.2 Å². The second-order valence-electron chi connectivity index (χ2n) is 6.97. The summed E-state index contributed by atoms with van der Waals surface area (Å²) in [6.07, 6.45) is 0.0357. The Balaban J connectivity index is 2.08. The van der Waals surface area contributed by atoms with Crippen LogP contribution in [0.3, 0.4) is 0 Å². The van der Waals surface area contributed by atoms with Gasteiger partial charge in [0.05, 0.1) is 0 Å². The average Bonchev–Trinajstić information content (AvgIpc) is 2.56. The first-order valence-electron chi connectivity index (χ1n) is 8.91. The quantitative estimate of drug-likeness (QED) is 0.569. The van der Waals surface area contributed by atoms with Gasteiger partial charge in [0, 0.05) is 32.5 Å². The Morgan fingerprint density at radius 2 is 1.52 bits per heavy atom. The lowest BCUT2D eigenvalue weighted by Crippen LogP contribution is -2.37. The summed E-state index contributed by atoms with van der Waals surface area (Å²) in [5, 5.41) is 7.79. The number of halogens is 1. The molecule has 0 aliphatic rings. The molecule has 3 N–H and O–H groups in total. The number of carbonyl (C=O) groups is 3. The summed E-state index contributed by atoms with van der Waals surface area (Å²) in [5.41, 5.74) is -0.0879. The molecule has 0 saturated heterocycles. The summed E-state index contributed by atoms with van der Waals surface area (Å²) in [4.78, 5) is 34.8. The SMILES string of the molecule is CC(C)(C)OC(=O)NCCC(=O)NCCNC(=O)CCc1ccccc1F. The number of amides is 3. The van der Waals surface area contributed by atoms with Gasteiger partial charge in [-0.3, -0.25) is 9.59 Å². The van der Waals surface area contributed by atoms with Gasteiger partial charge in [-0.25, -0.2) is 9.18 Å². The van der Waals surface area contributed by atoms with Crippen LogP contribution >= 0.6 is 0 Å². The van der Waals surface area contributed by atoms with Crippen LogP contribution in [0.15, 0.2) is 24.3 Å².